The van der Waals surface area contributed by atoms with Gasteiger partial charge in [-0.3, -0.25) is 9.59 Å². The molecule has 3 rings (SSSR count). The molecule has 1 atom stereocenters. The Labute approximate surface area is 152 Å². The highest BCUT2D eigenvalue weighted by molar-refractivity contribution is 6.06. The van der Waals surface area contributed by atoms with Gasteiger partial charge in [0, 0.05) is 17.5 Å². The zero-order valence-electron chi connectivity index (χ0n) is 14.5. The normalized spacial score (nSPS) is 16.3. The molecule has 1 aromatic heterocycles. The topological polar surface area (TPSA) is 68.4 Å². The molecule has 0 bridgehead atoms. The molecule has 8 heteroatoms. The van der Waals surface area contributed by atoms with Crippen molar-refractivity contribution in [3.63, 3.8) is 0 Å². The highest BCUT2D eigenvalue weighted by atomic mass is 19.4. The third-order valence-electron chi connectivity index (χ3n) is 4.12. The molecule has 5 nitrogen and oxygen atoms in total. The van der Waals surface area contributed by atoms with Gasteiger partial charge < -0.3 is 14.5 Å². The van der Waals surface area contributed by atoms with Crippen molar-refractivity contribution in [3.8, 4) is 11.5 Å². The van der Waals surface area contributed by atoms with Gasteiger partial charge in [-0.1, -0.05) is 0 Å². The number of hydrogen-bond donors (Lipinski definition) is 1. The van der Waals surface area contributed by atoms with E-state index in [0.29, 0.717) is 29.5 Å². The van der Waals surface area contributed by atoms with Crippen molar-refractivity contribution in [2.75, 3.05) is 7.11 Å². The molecule has 0 spiro atoms. The Balaban J connectivity index is 1.90. The number of fused-ring (bicyclic) bond motifs is 1. The van der Waals surface area contributed by atoms with Crippen LogP contribution in [0, 0.1) is 0 Å². The summed E-state index contributed by atoms with van der Waals surface area (Å²) in [6.07, 6.45) is -1.43. The quantitative estimate of drug-likeness (QED) is 0.651. The third kappa shape index (κ3) is 3.89. The van der Waals surface area contributed by atoms with E-state index in [-0.39, 0.29) is 11.7 Å². The number of alkyl halides is 3. The predicted octanol–water partition coefficient (Wildman–Crippen LogP) is 3.62. The summed E-state index contributed by atoms with van der Waals surface area (Å²) in [5, 5.41) is 0. The van der Waals surface area contributed by atoms with E-state index in [1.807, 2.05) is 13.0 Å². The van der Waals surface area contributed by atoms with E-state index in [1.165, 1.54) is 13.2 Å². The Morgan fingerprint density at radius 2 is 2.07 bits per heavy atom. The number of aromatic nitrogens is 1. The first kappa shape index (κ1) is 18.8. The van der Waals surface area contributed by atoms with Crippen LogP contribution in [-0.4, -0.2) is 24.0 Å². The molecule has 0 fully saturated rings. The number of methoxy groups -OCH3 is 1. The maximum Gasteiger partial charge on any atom is 0.431 e. The lowest BCUT2D eigenvalue weighted by Crippen LogP contribution is -2.21. The van der Waals surface area contributed by atoms with Gasteiger partial charge in [0.05, 0.1) is 12.7 Å². The van der Waals surface area contributed by atoms with E-state index in [9.17, 15) is 22.8 Å². The Morgan fingerprint density at radius 1 is 1.33 bits per heavy atom. The smallest absolute Gasteiger partial charge is 0.431 e. The molecule has 142 valence electrons. The summed E-state index contributed by atoms with van der Waals surface area (Å²) in [6.45, 7) is 1.91. The molecule has 1 aromatic carbocycles. The minimum absolute atomic E-state index is 0.0206. The Hall–Kier alpha value is -3.03. The standard InChI is InChI=1S/C19H16F3NO4/c1-10-7-12-9-13(26-2)8-11(17(12)27-10)3-5-15(24)14-4-6-16(19(20,21)22)23-18(14)25/h3-6,8-10H,7H2,1-2H3,(H,23,25)/b5-3+. The molecule has 0 aliphatic carbocycles. The SMILES string of the molecule is COc1cc(/C=C/C(=O)c2ccc(C(F)(F)F)[nH]c2=O)c2c(c1)CC(C)O2. The van der Waals surface area contributed by atoms with E-state index in [1.54, 1.807) is 11.1 Å². The van der Waals surface area contributed by atoms with E-state index in [2.05, 4.69) is 0 Å². The lowest BCUT2D eigenvalue weighted by atomic mass is 10.0. The van der Waals surface area contributed by atoms with E-state index in [0.717, 1.165) is 17.7 Å². The number of H-pyrrole nitrogens is 1. The molecule has 0 amide bonds. The van der Waals surface area contributed by atoms with Gasteiger partial charge in [0.15, 0.2) is 5.78 Å². The van der Waals surface area contributed by atoms with Crippen molar-refractivity contribution in [1.82, 2.24) is 4.98 Å². The molecular weight excluding hydrogens is 363 g/mol. The largest absolute Gasteiger partial charge is 0.497 e. The van der Waals surface area contributed by atoms with Crippen molar-refractivity contribution >= 4 is 11.9 Å². The van der Waals surface area contributed by atoms with Crippen LogP contribution in [0.15, 0.2) is 35.1 Å². The highest BCUT2D eigenvalue weighted by Gasteiger charge is 2.32. The number of allylic oxidation sites excluding steroid dienone is 1. The molecule has 27 heavy (non-hydrogen) atoms. The van der Waals surface area contributed by atoms with E-state index >= 15 is 0 Å². The molecule has 1 unspecified atom stereocenters. The number of rotatable bonds is 4. The second-order valence-corrected chi connectivity index (χ2v) is 6.15. The monoisotopic (exact) mass is 379 g/mol. The summed E-state index contributed by atoms with van der Waals surface area (Å²) >= 11 is 0. The van der Waals surface area contributed by atoms with Gasteiger partial charge in [-0.2, -0.15) is 13.2 Å². The minimum atomic E-state index is -4.69. The average Bonchev–Trinajstić information content (AvgIpc) is 2.98. The van der Waals surface area contributed by atoms with Gasteiger partial charge in [-0.25, -0.2) is 0 Å². The first-order chi connectivity index (χ1) is 12.7. The second kappa shape index (κ2) is 6.94. The second-order valence-electron chi connectivity index (χ2n) is 6.15. The number of halogens is 3. The molecule has 0 radical (unpaired) electrons. The first-order valence-electron chi connectivity index (χ1n) is 8.09. The van der Waals surface area contributed by atoms with Gasteiger partial charge in [0.25, 0.3) is 5.56 Å². The van der Waals surface area contributed by atoms with Crippen LogP contribution in [0.1, 0.15) is 34.1 Å². The maximum atomic E-state index is 12.6. The van der Waals surface area contributed by atoms with Crippen molar-refractivity contribution in [1.29, 1.82) is 0 Å². The van der Waals surface area contributed by atoms with Crippen LogP contribution in [-0.2, 0) is 12.6 Å². The molecule has 1 aliphatic heterocycles. The van der Waals surface area contributed by atoms with Crippen LogP contribution in [0.3, 0.4) is 0 Å². The van der Waals surface area contributed by atoms with Crippen LogP contribution < -0.4 is 15.0 Å². The Kier molecular flexibility index (Phi) is 4.82. The first-order valence-corrected chi connectivity index (χ1v) is 8.09. The van der Waals surface area contributed by atoms with Gasteiger partial charge in [-0.05, 0) is 43.3 Å². The number of carbonyl (C=O) groups is 1. The average molecular weight is 379 g/mol. The van der Waals surface area contributed by atoms with Crippen LogP contribution in [0.4, 0.5) is 13.2 Å². The molecule has 0 saturated carbocycles. The number of benzene rings is 1. The van der Waals surface area contributed by atoms with Crippen molar-refractivity contribution in [3.05, 3.63) is 63.1 Å². The third-order valence-corrected chi connectivity index (χ3v) is 4.12. The molecule has 2 aromatic rings. The number of pyridine rings is 1. The summed E-state index contributed by atoms with van der Waals surface area (Å²) in [7, 11) is 1.52. The van der Waals surface area contributed by atoms with E-state index in [4.69, 9.17) is 9.47 Å². The molecular formula is C19H16F3NO4. The summed E-state index contributed by atoms with van der Waals surface area (Å²) in [4.78, 5) is 25.8. The van der Waals surface area contributed by atoms with Crippen molar-refractivity contribution in [2.24, 2.45) is 0 Å². The number of ether oxygens (including phenoxy) is 2. The van der Waals surface area contributed by atoms with Gasteiger partial charge >= 0.3 is 6.18 Å². The fourth-order valence-electron chi connectivity index (χ4n) is 2.86. The summed E-state index contributed by atoms with van der Waals surface area (Å²) < 4.78 is 48.8. The van der Waals surface area contributed by atoms with Gasteiger partial charge in [0.1, 0.15) is 23.3 Å². The Bertz CT molecular complexity index is 976. The fourth-order valence-corrected chi connectivity index (χ4v) is 2.86. The zero-order valence-corrected chi connectivity index (χ0v) is 14.5. The summed E-state index contributed by atoms with van der Waals surface area (Å²) in [5.74, 6) is 0.493. The molecule has 1 aliphatic rings. The van der Waals surface area contributed by atoms with Crippen LogP contribution in [0.25, 0.3) is 6.08 Å². The van der Waals surface area contributed by atoms with Crippen molar-refractivity contribution in [2.45, 2.75) is 25.6 Å². The maximum absolute atomic E-state index is 12.6. The molecule has 0 saturated heterocycles. The lowest BCUT2D eigenvalue weighted by Gasteiger charge is -2.08. The number of aromatic amines is 1. The van der Waals surface area contributed by atoms with Crippen LogP contribution in [0.5, 0.6) is 11.5 Å². The van der Waals surface area contributed by atoms with Gasteiger partial charge in [0.2, 0.25) is 0 Å². The molecule has 1 N–H and O–H groups in total. The van der Waals surface area contributed by atoms with E-state index < -0.39 is 23.2 Å². The van der Waals surface area contributed by atoms with Crippen LogP contribution >= 0.6 is 0 Å². The lowest BCUT2D eigenvalue weighted by molar-refractivity contribution is -0.141. The summed E-state index contributed by atoms with van der Waals surface area (Å²) in [6, 6.07) is 5.05. The fraction of sp³-hybridized carbons (Fsp3) is 0.263. The number of nitrogens with one attached hydrogen (secondary N) is 1. The zero-order chi connectivity index (χ0) is 19.8. The van der Waals surface area contributed by atoms with Gasteiger partial charge in [-0.15, -0.1) is 0 Å². The van der Waals surface area contributed by atoms with Crippen molar-refractivity contribution < 1.29 is 27.4 Å². The number of hydrogen-bond acceptors (Lipinski definition) is 4. The number of ketones is 1. The number of carbonyl (C=O) groups excluding carboxylic acids is 1. The summed E-state index contributed by atoms with van der Waals surface area (Å²) in [5.41, 5.74) is -1.17. The Morgan fingerprint density at radius 3 is 2.70 bits per heavy atom. The molecule has 2 heterocycles. The minimum Gasteiger partial charge on any atom is -0.497 e. The highest BCUT2D eigenvalue weighted by Crippen LogP contribution is 2.37. The van der Waals surface area contributed by atoms with Crippen LogP contribution in [0.2, 0.25) is 0 Å². The predicted molar refractivity (Wildman–Crippen MR) is 92.2 cm³/mol.